The summed E-state index contributed by atoms with van der Waals surface area (Å²) in [6, 6.07) is 23.2. The van der Waals surface area contributed by atoms with Crippen molar-refractivity contribution in [2.75, 3.05) is 23.7 Å². The summed E-state index contributed by atoms with van der Waals surface area (Å²) < 4.78 is 32.5. The van der Waals surface area contributed by atoms with E-state index in [1.165, 1.54) is 4.90 Å². The molecule has 0 aliphatic heterocycles. The highest BCUT2D eigenvalue weighted by Crippen LogP contribution is 2.23. The smallest absolute Gasteiger partial charge is 0.244 e. The first-order valence-corrected chi connectivity index (χ1v) is 14.8. The molecule has 39 heavy (non-hydrogen) atoms. The van der Waals surface area contributed by atoms with E-state index in [9.17, 15) is 18.0 Å². The highest BCUT2D eigenvalue weighted by Gasteiger charge is 2.31. The predicted molar refractivity (Wildman–Crippen MR) is 154 cm³/mol. The Morgan fingerprint density at radius 1 is 0.897 bits per heavy atom. The van der Waals surface area contributed by atoms with Crippen LogP contribution in [0, 0.1) is 6.92 Å². The van der Waals surface area contributed by atoms with Gasteiger partial charge in [-0.2, -0.15) is 0 Å². The number of hydrogen-bond acceptors (Lipinski definition) is 5. The second kappa shape index (κ2) is 13.8. The van der Waals surface area contributed by atoms with Crippen molar-refractivity contribution in [3.8, 4) is 5.75 Å². The number of ether oxygens (including phenoxy) is 1. The molecule has 0 aromatic heterocycles. The average molecular weight is 552 g/mol. The minimum Gasteiger partial charge on any atom is -0.489 e. The standard InChI is InChI=1S/C30H37N3O5S/c1-5-28(30(35)31-6-2)32(20-24-14-12-23(3)13-15-24)29(34)21-33(39(4,36)37)26-16-18-27(19-17-26)38-22-25-10-8-7-9-11-25/h7-19,28H,5-6,20-22H2,1-4H3,(H,31,35). The third kappa shape index (κ3) is 8.58. The first-order chi connectivity index (χ1) is 18.6. The molecule has 1 N–H and O–H groups in total. The van der Waals surface area contributed by atoms with E-state index in [0.717, 1.165) is 27.3 Å². The van der Waals surface area contributed by atoms with Crippen LogP contribution in [0.15, 0.2) is 78.9 Å². The molecule has 1 atom stereocenters. The van der Waals surface area contributed by atoms with Crippen molar-refractivity contribution >= 4 is 27.5 Å². The lowest BCUT2D eigenvalue weighted by Gasteiger charge is -2.32. The minimum absolute atomic E-state index is 0.179. The Hall–Kier alpha value is -3.85. The van der Waals surface area contributed by atoms with E-state index in [2.05, 4.69) is 5.32 Å². The molecule has 208 valence electrons. The number of carbonyl (C=O) groups excluding carboxylic acids is 2. The third-order valence-electron chi connectivity index (χ3n) is 6.26. The zero-order valence-electron chi connectivity index (χ0n) is 23.0. The summed E-state index contributed by atoms with van der Waals surface area (Å²) in [6.45, 7) is 6.16. The molecule has 8 nitrogen and oxygen atoms in total. The Labute approximate surface area is 231 Å². The van der Waals surface area contributed by atoms with Crippen LogP contribution < -0.4 is 14.4 Å². The maximum absolute atomic E-state index is 13.7. The average Bonchev–Trinajstić information content (AvgIpc) is 2.92. The number of aryl methyl sites for hydroxylation is 1. The van der Waals surface area contributed by atoms with Gasteiger partial charge in [-0.25, -0.2) is 8.42 Å². The van der Waals surface area contributed by atoms with Gasteiger partial charge >= 0.3 is 0 Å². The van der Waals surface area contributed by atoms with Gasteiger partial charge in [0.05, 0.1) is 11.9 Å². The lowest BCUT2D eigenvalue weighted by atomic mass is 10.1. The summed E-state index contributed by atoms with van der Waals surface area (Å²) in [6.07, 6.45) is 1.45. The van der Waals surface area contributed by atoms with E-state index in [1.54, 1.807) is 24.3 Å². The molecule has 3 rings (SSSR count). The van der Waals surface area contributed by atoms with Crippen molar-refractivity contribution < 1.29 is 22.7 Å². The van der Waals surface area contributed by atoms with E-state index < -0.39 is 28.5 Å². The molecule has 0 heterocycles. The SMILES string of the molecule is CCNC(=O)C(CC)N(Cc1ccc(C)cc1)C(=O)CN(c1ccc(OCc2ccccc2)cc1)S(C)(=O)=O. The molecule has 2 amide bonds. The van der Waals surface area contributed by atoms with Crippen LogP contribution >= 0.6 is 0 Å². The molecule has 0 aliphatic rings. The summed E-state index contributed by atoms with van der Waals surface area (Å²) in [5, 5.41) is 2.79. The fraction of sp³-hybridized carbons (Fsp3) is 0.333. The number of sulfonamides is 1. The van der Waals surface area contributed by atoms with E-state index in [0.29, 0.717) is 31.0 Å². The number of carbonyl (C=O) groups is 2. The Morgan fingerprint density at radius 3 is 2.10 bits per heavy atom. The summed E-state index contributed by atoms with van der Waals surface area (Å²) in [5.74, 6) is -0.166. The van der Waals surface area contributed by atoms with Gasteiger partial charge < -0.3 is 15.0 Å². The first-order valence-electron chi connectivity index (χ1n) is 13.0. The minimum atomic E-state index is -3.81. The number of anilines is 1. The predicted octanol–water partition coefficient (Wildman–Crippen LogP) is 4.28. The molecule has 0 bridgehead atoms. The second-order valence-corrected chi connectivity index (χ2v) is 11.3. The van der Waals surface area contributed by atoms with Crippen LogP contribution in [0.25, 0.3) is 0 Å². The molecule has 1 unspecified atom stereocenters. The third-order valence-corrected chi connectivity index (χ3v) is 7.40. The van der Waals surface area contributed by atoms with Crippen LogP contribution in [0.2, 0.25) is 0 Å². The summed E-state index contributed by atoms with van der Waals surface area (Å²) >= 11 is 0. The van der Waals surface area contributed by atoms with Gasteiger partial charge in [-0.3, -0.25) is 13.9 Å². The first kappa shape index (κ1) is 29.7. The van der Waals surface area contributed by atoms with Crippen LogP contribution in [0.5, 0.6) is 5.75 Å². The van der Waals surface area contributed by atoms with Crippen LogP contribution in [0.3, 0.4) is 0 Å². The van der Waals surface area contributed by atoms with Gasteiger partial charge in [0.1, 0.15) is 24.9 Å². The van der Waals surface area contributed by atoms with Gasteiger partial charge in [0.2, 0.25) is 21.8 Å². The Balaban J connectivity index is 1.83. The zero-order valence-corrected chi connectivity index (χ0v) is 23.8. The van der Waals surface area contributed by atoms with Gasteiger partial charge in [-0.1, -0.05) is 67.1 Å². The molecule has 0 saturated heterocycles. The van der Waals surface area contributed by atoms with E-state index in [4.69, 9.17) is 4.74 Å². The fourth-order valence-electron chi connectivity index (χ4n) is 4.16. The second-order valence-electron chi connectivity index (χ2n) is 9.36. The molecule has 0 fully saturated rings. The van der Waals surface area contributed by atoms with Crippen LogP contribution in [0.4, 0.5) is 5.69 Å². The zero-order chi connectivity index (χ0) is 28.4. The maximum Gasteiger partial charge on any atom is 0.244 e. The van der Waals surface area contributed by atoms with Crippen LogP contribution in [-0.4, -0.2) is 50.5 Å². The Morgan fingerprint density at radius 2 is 1.54 bits per heavy atom. The number of amides is 2. The van der Waals surface area contributed by atoms with Gasteiger partial charge in [-0.15, -0.1) is 0 Å². The topological polar surface area (TPSA) is 96.0 Å². The van der Waals surface area contributed by atoms with E-state index in [1.807, 2.05) is 75.4 Å². The lowest BCUT2D eigenvalue weighted by molar-refractivity contribution is -0.140. The van der Waals surface area contributed by atoms with Gasteiger partial charge in [-0.05, 0) is 55.7 Å². The van der Waals surface area contributed by atoms with Crippen molar-refractivity contribution in [2.45, 2.75) is 46.4 Å². The van der Waals surface area contributed by atoms with Crippen LogP contribution in [0.1, 0.15) is 37.0 Å². The maximum atomic E-state index is 13.7. The molecule has 9 heteroatoms. The normalized spacial score (nSPS) is 11.9. The van der Waals surface area contributed by atoms with Crippen molar-refractivity contribution in [2.24, 2.45) is 0 Å². The number of likely N-dealkylation sites (N-methyl/N-ethyl adjacent to an activating group) is 1. The van der Waals surface area contributed by atoms with Gasteiger partial charge in [0.15, 0.2) is 0 Å². The molecule has 0 aliphatic carbocycles. The van der Waals surface area contributed by atoms with Crippen molar-refractivity contribution in [1.29, 1.82) is 0 Å². The molecular weight excluding hydrogens is 514 g/mol. The molecule has 3 aromatic carbocycles. The Kier molecular flexibility index (Phi) is 10.5. The molecule has 0 radical (unpaired) electrons. The summed E-state index contributed by atoms with van der Waals surface area (Å²) in [5.41, 5.74) is 3.27. The quantitative estimate of drug-likeness (QED) is 0.342. The van der Waals surface area contributed by atoms with Crippen molar-refractivity contribution in [3.05, 3.63) is 95.6 Å². The van der Waals surface area contributed by atoms with E-state index >= 15 is 0 Å². The van der Waals surface area contributed by atoms with Gasteiger partial charge in [0.25, 0.3) is 0 Å². The Bertz CT molecular complexity index is 1330. The van der Waals surface area contributed by atoms with Crippen LogP contribution in [-0.2, 0) is 32.8 Å². The number of nitrogens with zero attached hydrogens (tertiary/aromatic N) is 2. The number of benzene rings is 3. The summed E-state index contributed by atoms with van der Waals surface area (Å²) in [4.78, 5) is 28.0. The largest absolute Gasteiger partial charge is 0.489 e. The number of rotatable bonds is 13. The van der Waals surface area contributed by atoms with Crippen molar-refractivity contribution in [1.82, 2.24) is 10.2 Å². The highest BCUT2D eigenvalue weighted by atomic mass is 32.2. The lowest BCUT2D eigenvalue weighted by Crippen LogP contribution is -2.52. The molecular formula is C30H37N3O5S. The molecule has 3 aromatic rings. The van der Waals surface area contributed by atoms with Crippen molar-refractivity contribution in [3.63, 3.8) is 0 Å². The van der Waals surface area contributed by atoms with Gasteiger partial charge in [0, 0.05) is 13.1 Å². The molecule has 0 spiro atoms. The number of hydrogen-bond donors (Lipinski definition) is 1. The highest BCUT2D eigenvalue weighted by molar-refractivity contribution is 7.92. The molecule has 0 saturated carbocycles. The summed E-state index contributed by atoms with van der Waals surface area (Å²) in [7, 11) is -3.81. The van der Waals surface area contributed by atoms with E-state index in [-0.39, 0.29) is 12.5 Å². The fourth-order valence-corrected chi connectivity index (χ4v) is 5.01. The monoisotopic (exact) mass is 551 g/mol. The number of nitrogens with one attached hydrogen (secondary N) is 1.